The molecule has 5 rings (SSSR count). The van der Waals surface area contributed by atoms with Gasteiger partial charge in [-0.25, -0.2) is 4.39 Å². The Balaban J connectivity index is 1.19. The molecule has 0 N–H and O–H groups in total. The van der Waals surface area contributed by atoms with E-state index in [-0.39, 0.29) is 11.7 Å². The number of carbonyl (C=O) groups is 1. The van der Waals surface area contributed by atoms with Crippen LogP contribution in [0.5, 0.6) is 11.5 Å². The van der Waals surface area contributed by atoms with Gasteiger partial charge < -0.3 is 9.64 Å². The molecule has 6 heteroatoms. The summed E-state index contributed by atoms with van der Waals surface area (Å²) in [5.41, 5.74) is 2.10. The number of hydrogen-bond donors (Lipinski definition) is 0. The number of benzene rings is 2. The van der Waals surface area contributed by atoms with Crippen molar-refractivity contribution in [2.75, 3.05) is 19.6 Å². The van der Waals surface area contributed by atoms with Crippen LogP contribution in [0.3, 0.4) is 0 Å². The maximum absolute atomic E-state index is 13.1. The Morgan fingerprint density at radius 1 is 1.00 bits per heavy atom. The third-order valence-electron chi connectivity index (χ3n) is 6.24. The maximum atomic E-state index is 13.1. The van der Waals surface area contributed by atoms with E-state index in [9.17, 15) is 9.18 Å². The summed E-state index contributed by atoms with van der Waals surface area (Å²) < 4.78 is 18.9. The number of hydrogen-bond acceptors (Lipinski definition) is 4. The van der Waals surface area contributed by atoms with Crippen LogP contribution in [0.4, 0.5) is 4.39 Å². The summed E-state index contributed by atoms with van der Waals surface area (Å²) in [5, 5.41) is 2.20. The molecule has 0 unspecified atom stereocenters. The predicted molar refractivity (Wildman–Crippen MR) is 120 cm³/mol. The lowest BCUT2D eigenvalue weighted by Gasteiger charge is -2.40. The van der Waals surface area contributed by atoms with Crippen molar-refractivity contribution in [3.63, 3.8) is 0 Å². The largest absolute Gasteiger partial charge is 0.457 e. The molecule has 3 aromatic rings. The zero-order chi connectivity index (χ0) is 21.2. The van der Waals surface area contributed by atoms with Crippen LogP contribution in [-0.2, 0) is 13.0 Å². The Labute approximate surface area is 185 Å². The molecule has 2 aliphatic heterocycles. The Morgan fingerprint density at radius 3 is 2.61 bits per heavy atom. The fourth-order valence-corrected chi connectivity index (χ4v) is 5.42. The van der Waals surface area contributed by atoms with Crippen molar-refractivity contribution in [2.45, 2.75) is 31.8 Å². The van der Waals surface area contributed by atoms with E-state index in [0.717, 1.165) is 45.4 Å². The fourth-order valence-electron chi connectivity index (χ4n) is 4.53. The van der Waals surface area contributed by atoms with Crippen molar-refractivity contribution in [3.05, 3.63) is 81.8 Å². The zero-order valence-corrected chi connectivity index (χ0v) is 18.1. The summed E-state index contributed by atoms with van der Waals surface area (Å²) in [7, 11) is 0. The topological polar surface area (TPSA) is 32.8 Å². The van der Waals surface area contributed by atoms with Gasteiger partial charge in [0, 0.05) is 42.7 Å². The van der Waals surface area contributed by atoms with E-state index in [0.29, 0.717) is 23.1 Å². The van der Waals surface area contributed by atoms with E-state index in [2.05, 4.69) is 16.3 Å². The first-order chi connectivity index (χ1) is 15.2. The molecule has 4 nitrogen and oxygen atoms in total. The monoisotopic (exact) mass is 436 g/mol. The smallest absolute Gasteiger partial charge is 0.253 e. The van der Waals surface area contributed by atoms with Crippen LogP contribution in [0.15, 0.2) is 60.0 Å². The number of fused-ring (bicyclic) bond motifs is 1. The number of likely N-dealkylation sites (tertiary alicyclic amines) is 1. The molecule has 0 atom stereocenters. The van der Waals surface area contributed by atoms with Gasteiger partial charge in [-0.05, 0) is 78.7 Å². The number of nitrogens with zero attached hydrogens (tertiary/aromatic N) is 2. The van der Waals surface area contributed by atoms with Crippen LogP contribution < -0.4 is 4.74 Å². The van der Waals surface area contributed by atoms with Crippen molar-refractivity contribution < 1.29 is 13.9 Å². The molecule has 31 heavy (non-hydrogen) atoms. The highest BCUT2D eigenvalue weighted by Gasteiger charge is 2.29. The van der Waals surface area contributed by atoms with Gasteiger partial charge in [-0.1, -0.05) is 6.07 Å². The molecular weight excluding hydrogens is 411 g/mol. The third kappa shape index (κ3) is 4.50. The van der Waals surface area contributed by atoms with Gasteiger partial charge in [0.05, 0.1) is 0 Å². The molecule has 160 valence electrons. The molecule has 2 aliphatic rings. The number of amides is 1. The molecule has 0 radical (unpaired) electrons. The van der Waals surface area contributed by atoms with Crippen LogP contribution in [0.2, 0.25) is 0 Å². The van der Waals surface area contributed by atoms with E-state index < -0.39 is 0 Å². The van der Waals surface area contributed by atoms with Crippen LogP contribution in [0.25, 0.3) is 0 Å². The van der Waals surface area contributed by atoms with Crippen molar-refractivity contribution >= 4 is 17.2 Å². The molecule has 1 aromatic heterocycles. The molecule has 0 bridgehead atoms. The molecule has 2 aromatic carbocycles. The summed E-state index contributed by atoms with van der Waals surface area (Å²) in [6, 6.07) is 15.9. The first-order valence-electron chi connectivity index (χ1n) is 10.8. The van der Waals surface area contributed by atoms with Crippen molar-refractivity contribution in [2.24, 2.45) is 0 Å². The van der Waals surface area contributed by atoms with E-state index in [1.165, 1.54) is 22.6 Å². The van der Waals surface area contributed by atoms with Crippen molar-refractivity contribution in [3.8, 4) is 11.5 Å². The second kappa shape index (κ2) is 8.81. The minimum absolute atomic E-state index is 0.0433. The SMILES string of the molecule is O=C(c1cccc(Oc2ccc(F)cc2)c1)N1CCC(N2CCc3sccc3C2)CC1. The number of piperidine rings is 1. The third-order valence-corrected chi connectivity index (χ3v) is 7.26. The molecule has 1 fully saturated rings. The first-order valence-corrected chi connectivity index (χ1v) is 11.7. The highest BCUT2D eigenvalue weighted by molar-refractivity contribution is 7.10. The lowest BCUT2D eigenvalue weighted by atomic mass is 9.99. The summed E-state index contributed by atoms with van der Waals surface area (Å²) in [5.74, 6) is 0.858. The fraction of sp³-hybridized carbons (Fsp3) is 0.320. The highest BCUT2D eigenvalue weighted by atomic mass is 32.1. The van der Waals surface area contributed by atoms with Crippen molar-refractivity contribution in [1.82, 2.24) is 9.80 Å². The first kappa shape index (κ1) is 20.2. The number of halogens is 1. The summed E-state index contributed by atoms with van der Waals surface area (Å²) in [6.45, 7) is 3.72. The van der Waals surface area contributed by atoms with Gasteiger partial charge in [0.1, 0.15) is 17.3 Å². The summed E-state index contributed by atoms with van der Waals surface area (Å²) in [4.78, 5) is 19.1. The van der Waals surface area contributed by atoms with Gasteiger partial charge in [-0.3, -0.25) is 9.69 Å². The van der Waals surface area contributed by atoms with Gasteiger partial charge in [0.25, 0.3) is 5.91 Å². The number of thiophene rings is 1. The number of ether oxygens (including phenoxy) is 1. The van der Waals surface area contributed by atoms with Crippen LogP contribution in [0, 0.1) is 5.82 Å². The predicted octanol–water partition coefficient (Wildman–Crippen LogP) is 5.34. The molecule has 0 saturated carbocycles. The summed E-state index contributed by atoms with van der Waals surface area (Å²) in [6.07, 6.45) is 3.17. The average molecular weight is 437 g/mol. The second-order valence-electron chi connectivity index (χ2n) is 8.20. The lowest BCUT2D eigenvalue weighted by molar-refractivity contribution is 0.0600. The Bertz CT molecular complexity index is 1060. The molecule has 1 saturated heterocycles. The minimum Gasteiger partial charge on any atom is -0.457 e. The van der Waals surface area contributed by atoms with E-state index in [1.54, 1.807) is 24.3 Å². The van der Waals surface area contributed by atoms with Gasteiger partial charge in [0.2, 0.25) is 0 Å². The molecular formula is C25H25FN2O2S. The van der Waals surface area contributed by atoms with Gasteiger partial charge in [-0.15, -0.1) is 11.3 Å². The van der Waals surface area contributed by atoms with E-state index >= 15 is 0 Å². The van der Waals surface area contributed by atoms with Crippen molar-refractivity contribution in [1.29, 1.82) is 0 Å². The van der Waals surface area contributed by atoms with Crippen LogP contribution in [-0.4, -0.2) is 41.4 Å². The van der Waals surface area contributed by atoms with Crippen LogP contribution >= 0.6 is 11.3 Å². The van der Waals surface area contributed by atoms with Gasteiger partial charge >= 0.3 is 0 Å². The van der Waals surface area contributed by atoms with Gasteiger partial charge in [0.15, 0.2) is 0 Å². The highest BCUT2D eigenvalue weighted by Crippen LogP contribution is 2.29. The average Bonchev–Trinajstić information content (AvgIpc) is 3.28. The molecule has 3 heterocycles. The minimum atomic E-state index is -0.306. The molecule has 0 aliphatic carbocycles. The summed E-state index contributed by atoms with van der Waals surface area (Å²) >= 11 is 1.87. The molecule has 1 amide bonds. The number of rotatable bonds is 4. The normalized spacial score (nSPS) is 17.4. The zero-order valence-electron chi connectivity index (χ0n) is 17.3. The van der Waals surface area contributed by atoms with E-state index in [4.69, 9.17) is 4.74 Å². The standard InChI is InChI=1S/C25H25FN2O2S/c26-20-4-6-22(7-5-20)30-23-3-1-2-18(16-23)25(29)27-12-8-21(9-13-27)28-14-10-24-19(17-28)11-15-31-24/h1-7,11,15-16,21H,8-10,12-14,17H2. The lowest BCUT2D eigenvalue weighted by Crippen LogP contribution is -2.47. The Kier molecular flexibility index (Phi) is 5.74. The Morgan fingerprint density at radius 2 is 1.81 bits per heavy atom. The quantitative estimate of drug-likeness (QED) is 0.553. The molecule has 0 spiro atoms. The number of carbonyl (C=O) groups excluding carboxylic acids is 1. The second-order valence-corrected chi connectivity index (χ2v) is 9.20. The van der Waals surface area contributed by atoms with Gasteiger partial charge in [-0.2, -0.15) is 0 Å². The van der Waals surface area contributed by atoms with E-state index in [1.807, 2.05) is 28.4 Å². The maximum Gasteiger partial charge on any atom is 0.253 e. The Hall–Kier alpha value is -2.70. The van der Waals surface area contributed by atoms with Crippen LogP contribution in [0.1, 0.15) is 33.6 Å².